The van der Waals surface area contributed by atoms with Gasteiger partial charge in [0.1, 0.15) is 5.75 Å². The SMILES string of the molecule is CCC(CC)C(CNC(=O)Cc1cccc(OC)c1)N1CCOCC1. The lowest BCUT2D eigenvalue weighted by Crippen LogP contribution is -2.52. The fraction of sp³-hybridized carbons (Fsp3) is 0.650. The monoisotopic (exact) mass is 348 g/mol. The number of benzene rings is 1. The summed E-state index contributed by atoms with van der Waals surface area (Å²) in [5.74, 6) is 1.45. The molecule has 1 aliphatic rings. The molecule has 0 aliphatic carbocycles. The zero-order valence-corrected chi connectivity index (χ0v) is 15.8. The zero-order chi connectivity index (χ0) is 18.1. The highest BCUT2D eigenvalue weighted by molar-refractivity contribution is 5.78. The highest BCUT2D eigenvalue weighted by atomic mass is 16.5. The quantitative estimate of drug-likeness (QED) is 0.745. The van der Waals surface area contributed by atoms with Crippen LogP contribution in [0.15, 0.2) is 24.3 Å². The van der Waals surface area contributed by atoms with Crippen molar-refractivity contribution in [3.05, 3.63) is 29.8 Å². The van der Waals surface area contributed by atoms with Crippen LogP contribution in [0, 0.1) is 5.92 Å². The Bertz CT molecular complexity index is 525. The number of hydrogen-bond donors (Lipinski definition) is 1. The maximum absolute atomic E-state index is 12.4. The van der Waals surface area contributed by atoms with Crippen LogP contribution in [-0.4, -0.2) is 56.8 Å². The molecule has 1 fully saturated rings. The van der Waals surface area contributed by atoms with Gasteiger partial charge in [0.05, 0.1) is 26.7 Å². The third-order valence-electron chi connectivity index (χ3n) is 5.11. The first-order valence-corrected chi connectivity index (χ1v) is 9.39. The molecule has 0 saturated carbocycles. The molecule has 0 spiro atoms. The Kier molecular flexibility index (Phi) is 8.22. The van der Waals surface area contributed by atoms with E-state index in [0.29, 0.717) is 24.9 Å². The second-order valence-corrected chi connectivity index (χ2v) is 6.62. The molecule has 0 aromatic heterocycles. The Morgan fingerprint density at radius 1 is 1.28 bits per heavy atom. The molecule has 5 nitrogen and oxygen atoms in total. The first-order chi connectivity index (χ1) is 12.2. The lowest BCUT2D eigenvalue weighted by Gasteiger charge is -2.38. The van der Waals surface area contributed by atoms with Crippen LogP contribution in [0.25, 0.3) is 0 Å². The molecule has 1 heterocycles. The molecule has 1 amide bonds. The number of nitrogens with one attached hydrogen (secondary N) is 1. The van der Waals surface area contributed by atoms with Gasteiger partial charge in [0.25, 0.3) is 0 Å². The largest absolute Gasteiger partial charge is 0.497 e. The maximum Gasteiger partial charge on any atom is 0.224 e. The summed E-state index contributed by atoms with van der Waals surface area (Å²) in [6, 6.07) is 8.07. The summed E-state index contributed by atoms with van der Waals surface area (Å²) in [7, 11) is 1.64. The minimum absolute atomic E-state index is 0.0671. The maximum atomic E-state index is 12.4. The van der Waals surface area contributed by atoms with Gasteiger partial charge in [-0.3, -0.25) is 9.69 Å². The molecule has 1 aliphatic heterocycles. The van der Waals surface area contributed by atoms with Crippen molar-refractivity contribution < 1.29 is 14.3 Å². The molecule has 1 unspecified atom stereocenters. The lowest BCUT2D eigenvalue weighted by molar-refractivity contribution is -0.120. The standard InChI is InChI=1S/C20H32N2O3/c1-4-17(5-2)19(22-9-11-25-12-10-22)15-21-20(23)14-16-7-6-8-18(13-16)24-3/h6-8,13,17,19H,4-5,9-12,14-15H2,1-3H3,(H,21,23). The van der Waals surface area contributed by atoms with Gasteiger partial charge in [0.2, 0.25) is 5.91 Å². The molecule has 140 valence electrons. The van der Waals surface area contributed by atoms with E-state index in [0.717, 1.165) is 50.5 Å². The van der Waals surface area contributed by atoms with Gasteiger partial charge in [0.15, 0.2) is 0 Å². The number of rotatable bonds is 9. The van der Waals surface area contributed by atoms with E-state index >= 15 is 0 Å². The van der Waals surface area contributed by atoms with Crippen LogP contribution < -0.4 is 10.1 Å². The molecule has 1 aromatic rings. The van der Waals surface area contributed by atoms with Crippen LogP contribution in [0.2, 0.25) is 0 Å². The third-order valence-corrected chi connectivity index (χ3v) is 5.11. The number of ether oxygens (including phenoxy) is 2. The molecule has 1 aromatic carbocycles. The number of carbonyl (C=O) groups is 1. The van der Waals surface area contributed by atoms with Crippen molar-refractivity contribution in [3.8, 4) is 5.75 Å². The van der Waals surface area contributed by atoms with Crippen molar-refractivity contribution in [2.24, 2.45) is 5.92 Å². The molecule has 2 rings (SSSR count). The van der Waals surface area contributed by atoms with E-state index in [4.69, 9.17) is 9.47 Å². The van der Waals surface area contributed by atoms with Gasteiger partial charge in [-0.15, -0.1) is 0 Å². The van der Waals surface area contributed by atoms with E-state index in [2.05, 4.69) is 24.1 Å². The predicted molar refractivity (Wildman–Crippen MR) is 100.0 cm³/mol. The Balaban J connectivity index is 1.92. The van der Waals surface area contributed by atoms with Crippen LogP contribution in [-0.2, 0) is 16.0 Å². The van der Waals surface area contributed by atoms with E-state index in [9.17, 15) is 4.79 Å². The summed E-state index contributed by atoms with van der Waals surface area (Å²) in [6.45, 7) is 8.65. The van der Waals surface area contributed by atoms with Crippen LogP contribution in [0.1, 0.15) is 32.3 Å². The molecular weight excluding hydrogens is 316 g/mol. The average molecular weight is 348 g/mol. The van der Waals surface area contributed by atoms with Crippen LogP contribution in [0.4, 0.5) is 0 Å². The van der Waals surface area contributed by atoms with E-state index in [-0.39, 0.29) is 5.91 Å². The van der Waals surface area contributed by atoms with Crippen molar-refractivity contribution in [3.63, 3.8) is 0 Å². The zero-order valence-electron chi connectivity index (χ0n) is 15.8. The summed E-state index contributed by atoms with van der Waals surface area (Å²) < 4.78 is 10.7. The van der Waals surface area contributed by atoms with Gasteiger partial charge in [-0.2, -0.15) is 0 Å². The topological polar surface area (TPSA) is 50.8 Å². The average Bonchev–Trinajstić information content (AvgIpc) is 2.66. The van der Waals surface area contributed by atoms with E-state index in [1.807, 2.05) is 24.3 Å². The molecule has 0 radical (unpaired) electrons. The fourth-order valence-corrected chi connectivity index (χ4v) is 3.58. The highest BCUT2D eigenvalue weighted by Gasteiger charge is 2.27. The third kappa shape index (κ3) is 6.01. The van der Waals surface area contributed by atoms with Crippen molar-refractivity contribution >= 4 is 5.91 Å². The molecule has 1 N–H and O–H groups in total. The van der Waals surface area contributed by atoms with Crippen LogP contribution >= 0.6 is 0 Å². The smallest absolute Gasteiger partial charge is 0.224 e. The van der Waals surface area contributed by atoms with Gasteiger partial charge < -0.3 is 14.8 Å². The molecule has 1 atom stereocenters. The number of nitrogens with zero attached hydrogens (tertiary/aromatic N) is 1. The number of hydrogen-bond acceptors (Lipinski definition) is 4. The van der Waals surface area contributed by atoms with E-state index in [1.165, 1.54) is 0 Å². The van der Waals surface area contributed by atoms with Crippen molar-refractivity contribution in [1.82, 2.24) is 10.2 Å². The van der Waals surface area contributed by atoms with Crippen LogP contribution in [0.3, 0.4) is 0 Å². The predicted octanol–water partition coefficient (Wildman–Crippen LogP) is 2.49. The van der Waals surface area contributed by atoms with Gasteiger partial charge in [-0.05, 0) is 23.6 Å². The Morgan fingerprint density at radius 3 is 2.64 bits per heavy atom. The van der Waals surface area contributed by atoms with Gasteiger partial charge >= 0.3 is 0 Å². The van der Waals surface area contributed by atoms with Gasteiger partial charge in [-0.25, -0.2) is 0 Å². The number of morpholine rings is 1. The lowest BCUT2D eigenvalue weighted by atomic mass is 9.92. The number of methoxy groups -OCH3 is 1. The first kappa shape index (κ1) is 19.7. The normalized spacial score (nSPS) is 16.6. The number of amides is 1. The molecule has 0 bridgehead atoms. The molecule has 25 heavy (non-hydrogen) atoms. The highest BCUT2D eigenvalue weighted by Crippen LogP contribution is 2.20. The Morgan fingerprint density at radius 2 is 2.00 bits per heavy atom. The fourth-order valence-electron chi connectivity index (χ4n) is 3.58. The van der Waals surface area contributed by atoms with E-state index < -0.39 is 0 Å². The van der Waals surface area contributed by atoms with Crippen molar-refractivity contribution in [2.45, 2.75) is 39.2 Å². The molecular formula is C20H32N2O3. The Labute approximate surface area is 151 Å². The minimum Gasteiger partial charge on any atom is -0.497 e. The van der Waals surface area contributed by atoms with E-state index in [1.54, 1.807) is 7.11 Å². The van der Waals surface area contributed by atoms with Crippen molar-refractivity contribution in [2.75, 3.05) is 40.0 Å². The minimum atomic E-state index is 0.0671. The van der Waals surface area contributed by atoms with Crippen molar-refractivity contribution in [1.29, 1.82) is 0 Å². The van der Waals surface area contributed by atoms with Gasteiger partial charge in [0, 0.05) is 25.7 Å². The summed E-state index contributed by atoms with van der Waals surface area (Å²) in [6.07, 6.45) is 2.64. The Hall–Kier alpha value is -1.59. The molecule has 5 heteroatoms. The van der Waals surface area contributed by atoms with Gasteiger partial charge in [-0.1, -0.05) is 38.8 Å². The number of carbonyl (C=O) groups excluding carboxylic acids is 1. The molecule has 1 saturated heterocycles. The summed E-state index contributed by atoms with van der Waals surface area (Å²) in [5.41, 5.74) is 0.974. The van der Waals surface area contributed by atoms with Crippen LogP contribution in [0.5, 0.6) is 5.75 Å². The first-order valence-electron chi connectivity index (χ1n) is 9.39. The second kappa shape index (κ2) is 10.4. The summed E-state index contributed by atoms with van der Waals surface area (Å²) >= 11 is 0. The summed E-state index contributed by atoms with van der Waals surface area (Å²) in [5, 5.41) is 3.15. The second-order valence-electron chi connectivity index (χ2n) is 6.62. The summed E-state index contributed by atoms with van der Waals surface area (Å²) in [4.78, 5) is 14.9.